The second kappa shape index (κ2) is 12.2. The van der Waals surface area contributed by atoms with Crippen LogP contribution in [0.1, 0.15) is 72.7 Å². The van der Waals surface area contributed by atoms with Crippen LogP contribution in [0.4, 0.5) is 0 Å². The first-order chi connectivity index (χ1) is 16.3. The number of carbonyl (C=O) groups excluding carboxylic acids is 1. The van der Waals surface area contributed by atoms with E-state index < -0.39 is 12.1 Å². The Hall–Kier alpha value is -2.61. The molecule has 0 amide bonds. The monoisotopic (exact) mass is 472 g/mol. The van der Waals surface area contributed by atoms with Gasteiger partial charge in [0.15, 0.2) is 17.8 Å². The van der Waals surface area contributed by atoms with Crippen molar-refractivity contribution in [3.8, 4) is 17.2 Å². The molecule has 34 heavy (non-hydrogen) atoms. The minimum Gasteiger partial charge on any atom is -0.493 e. The molecule has 2 aromatic rings. The number of carbonyl (C=O) groups is 1. The summed E-state index contributed by atoms with van der Waals surface area (Å²) in [6.45, 7) is 7.01. The summed E-state index contributed by atoms with van der Waals surface area (Å²) in [6, 6.07) is 8.91. The largest absolute Gasteiger partial charge is 0.493 e. The molecule has 0 aromatic heterocycles. The zero-order valence-electron chi connectivity index (χ0n) is 20.8. The van der Waals surface area contributed by atoms with Crippen molar-refractivity contribution in [3.05, 3.63) is 52.6 Å². The third-order valence-electron chi connectivity index (χ3n) is 5.76. The van der Waals surface area contributed by atoms with Crippen molar-refractivity contribution in [2.75, 3.05) is 20.8 Å². The lowest BCUT2D eigenvalue weighted by atomic mass is 9.98. The highest BCUT2D eigenvalue weighted by molar-refractivity contribution is 5.93. The summed E-state index contributed by atoms with van der Waals surface area (Å²) >= 11 is 0. The van der Waals surface area contributed by atoms with Gasteiger partial charge in [-0.15, -0.1) is 0 Å². The van der Waals surface area contributed by atoms with Gasteiger partial charge in [0.05, 0.1) is 26.9 Å². The highest BCUT2D eigenvalue weighted by Crippen LogP contribution is 2.39. The first-order valence-corrected chi connectivity index (χ1v) is 11.8. The van der Waals surface area contributed by atoms with Gasteiger partial charge in [-0.2, -0.15) is 0 Å². The van der Waals surface area contributed by atoms with Gasteiger partial charge in [0, 0.05) is 12.2 Å². The summed E-state index contributed by atoms with van der Waals surface area (Å²) < 4.78 is 28.6. The number of methoxy groups -OCH3 is 2. The maximum Gasteiger partial charge on any atom is 0.341 e. The molecule has 7 heteroatoms. The van der Waals surface area contributed by atoms with Crippen LogP contribution in [0.25, 0.3) is 0 Å². The minimum atomic E-state index is -0.689. The van der Waals surface area contributed by atoms with Crippen molar-refractivity contribution in [2.45, 2.75) is 65.5 Å². The predicted molar refractivity (Wildman–Crippen MR) is 128 cm³/mol. The Morgan fingerprint density at radius 2 is 1.94 bits per heavy atom. The molecule has 0 radical (unpaired) electrons. The third-order valence-corrected chi connectivity index (χ3v) is 5.76. The average Bonchev–Trinajstić information content (AvgIpc) is 2.83. The third kappa shape index (κ3) is 6.72. The minimum absolute atomic E-state index is 0.230. The van der Waals surface area contributed by atoms with Crippen LogP contribution in [0, 0.1) is 12.8 Å². The number of hydrogen-bond acceptors (Lipinski definition) is 7. The fourth-order valence-corrected chi connectivity index (χ4v) is 4.02. The maximum atomic E-state index is 12.6. The van der Waals surface area contributed by atoms with Crippen LogP contribution in [0.5, 0.6) is 17.2 Å². The molecule has 2 atom stereocenters. The molecule has 2 aromatic carbocycles. The quantitative estimate of drug-likeness (QED) is 0.444. The van der Waals surface area contributed by atoms with Crippen LogP contribution in [-0.4, -0.2) is 38.2 Å². The molecular weight excluding hydrogens is 436 g/mol. The van der Waals surface area contributed by atoms with Crippen LogP contribution in [0.2, 0.25) is 0 Å². The first kappa shape index (κ1) is 26.0. The molecule has 3 rings (SSSR count). The first-order valence-electron chi connectivity index (χ1n) is 11.8. The summed E-state index contributed by atoms with van der Waals surface area (Å²) in [6.07, 6.45) is 2.61. The van der Waals surface area contributed by atoms with E-state index in [2.05, 4.69) is 0 Å². The highest BCUT2D eigenvalue weighted by atomic mass is 16.7. The van der Waals surface area contributed by atoms with E-state index in [1.165, 1.54) is 7.11 Å². The van der Waals surface area contributed by atoms with Gasteiger partial charge in [-0.25, -0.2) is 4.79 Å². The van der Waals surface area contributed by atoms with Gasteiger partial charge in [0.25, 0.3) is 0 Å². The number of esters is 1. The van der Waals surface area contributed by atoms with E-state index in [1.54, 1.807) is 25.3 Å². The normalized spacial score (nSPS) is 16.9. The Bertz CT molecular complexity index is 964. The average molecular weight is 473 g/mol. The predicted octanol–water partition coefficient (Wildman–Crippen LogP) is 5.71. The van der Waals surface area contributed by atoms with Crippen molar-refractivity contribution in [3.63, 3.8) is 0 Å². The van der Waals surface area contributed by atoms with Crippen LogP contribution in [-0.2, 0) is 20.8 Å². The van der Waals surface area contributed by atoms with E-state index in [0.29, 0.717) is 41.8 Å². The fraction of sp³-hybridized carbons (Fsp3) is 0.519. The van der Waals surface area contributed by atoms with E-state index in [9.17, 15) is 9.90 Å². The lowest BCUT2D eigenvalue weighted by Crippen LogP contribution is -2.22. The van der Waals surface area contributed by atoms with Crippen molar-refractivity contribution in [1.82, 2.24) is 0 Å². The Balaban J connectivity index is 1.94. The number of aliphatic hydroxyl groups excluding tert-OH is 1. The SMILES string of the molecule is COC(=O)c1cc(C(O)CC(C)C)ccc1Oc1c(COC2CCCCO2)cc(C)cc1OC. The zero-order valence-corrected chi connectivity index (χ0v) is 20.8. The van der Waals surface area contributed by atoms with Crippen molar-refractivity contribution < 1.29 is 33.6 Å². The van der Waals surface area contributed by atoms with Gasteiger partial charge in [-0.3, -0.25) is 0 Å². The van der Waals surface area contributed by atoms with Crippen LogP contribution in [0.15, 0.2) is 30.3 Å². The Morgan fingerprint density at radius 1 is 1.15 bits per heavy atom. The molecule has 0 bridgehead atoms. The van der Waals surface area contributed by atoms with Crippen LogP contribution in [0.3, 0.4) is 0 Å². The molecule has 186 valence electrons. The van der Waals surface area contributed by atoms with Crippen molar-refractivity contribution in [1.29, 1.82) is 0 Å². The van der Waals surface area contributed by atoms with Crippen LogP contribution < -0.4 is 9.47 Å². The van der Waals surface area contributed by atoms with Gasteiger partial charge >= 0.3 is 5.97 Å². The summed E-state index contributed by atoms with van der Waals surface area (Å²) in [5.74, 6) is 1.06. The molecule has 1 aliphatic heterocycles. The molecule has 1 saturated heterocycles. The number of ether oxygens (including phenoxy) is 5. The number of aliphatic hydroxyl groups is 1. The topological polar surface area (TPSA) is 83.5 Å². The summed E-state index contributed by atoms with van der Waals surface area (Å²) in [5.41, 5.74) is 2.64. The highest BCUT2D eigenvalue weighted by Gasteiger charge is 2.22. The Kier molecular flexibility index (Phi) is 9.33. The standard InChI is InChI=1S/C27H36O7/c1-17(2)12-22(28)19-9-10-23(21(15-19)27(29)31-5)34-26-20(13-18(3)14-24(26)30-4)16-33-25-8-6-7-11-32-25/h9-10,13-15,17,22,25,28H,6-8,11-12,16H2,1-5H3. The van der Waals surface area contributed by atoms with Gasteiger partial charge in [0.2, 0.25) is 0 Å². The number of benzene rings is 2. The summed E-state index contributed by atoms with van der Waals surface area (Å²) in [7, 11) is 2.89. The summed E-state index contributed by atoms with van der Waals surface area (Å²) in [5, 5.41) is 10.6. The molecular formula is C27H36O7. The smallest absolute Gasteiger partial charge is 0.341 e. The van der Waals surface area contributed by atoms with Gasteiger partial charge < -0.3 is 28.8 Å². The molecule has 1 aliphatic rings. The summed E-state index contributed by atoms with van der Waals surface area (Å²) in [4.78, 5) is 12.6. The van der Waals surface area contributed by atoms with Crippen molar-refractivity contribution in [2.24, 2.45) is 5.92 Å². The molecule has 0 saturated carbocycles. The lowest BCUT2D eigenvalue weighted by molar-refractivity contribution is -0.169. The number of aryl methyl sites for hydroxylation is 1. The van der Waals surface area contributed by atoms with E-state index in [0.717, 1.165) is 30.4 Å². The molecule has 7 nitrogen and oxygen atoms in total. The Labute approximate surface area is 201 Å². The van der Waals surface area contributed by atoms with E-state index in [4.69, 9.17) is 23.7 Å². The number of rotatable bonds is 10. The van der Waals surface area contributed by atoms with Crippen molar-refractivity contribution >= 4 is 5.97 Å². The molecule has 0 aliphatic carbocycles. The van der Waals surface area contributed by atoms with Gasteiger partial charge in [-0.1, -0.05) is 19.9 Å². The fourth-order valence-electron chi connectivity index (χ4n) is 4.02. The maximum absolute atomic E-state index is 12.6. The second-order valence-corrected chi connectivity index (χ2v) is 9.06. The molecule has 2 unspecified atom stereocenters. The number of hydrogen-bond donors (Lipinski definition) is 1. The zero-order chi connectivity index (χ0) is 24.7. The Morgan fingerprint density at radius 3 is 2.59 bits per heavy atom. The van der Waals surface area contributed by atoms with Gasteiger partial charge in [0.1, 0.15) is 11.3 Å². The second-order valence-electron chi connectivity index (χ2n) is 9.06. The van der Waals surface area contributed by atoms with E-state index in [-0.39, 0.29) is 18.5 Å². The van der Waals surface area contributed by atoms with E-state index >= 15 is 0 Å². The van der Waals surface area contributed by atoms with Crippen LogP contribution >= 0.6 is 0 Å². The van der Waals surface area contributed by atoms with E-state index in [1.807, 2.05) is 32.9 Å². The molecule has 0 spiro atoms. The molecule has 1 N–H and O–H groups in total. The molecule has 1 fully saturated rings. The van der Waals surface area contributed by atoms with Gasteiger partial charge in [-0.05, 0) is 73.9 Å². The lowest BCUT2D eigenvalue weighted by Gasteiger charge is -2.24. The molecule has 1 heterocycles.